The Morgan fingerprint density at radius 1 is 1.30 bits per heavy atom. The summed E-state index contributed by atoms with van der Waals surface area (Å²) >= 11 is 0.983. The third kappa shape index (κ3) is 3.73. The number of hydrogen-bond acceptors (Lipinski definition) is 4. The first kappa shape index (κ1) is 17.9. The standard InChI is InChI=1S/C15H20F3N3OS/c1-3-21(4-2)11(22)8-23-14-13(19)12(15(16,17)18)9-6-5-7-10(9)20-14/h3-8,19H2,1-2H3. The summed E-state index contributed by atoms with van der Waals surface area (Å²) in [5.74, 6) is -0.0927. The molecule has 0 aliphatic heterocycles. The molecule has 1 aromatic rings. The fourth-order valence-electron chi connectivity index (χ4n) is 2.80. The summed E-state index contributed by atoms with van der Waals surface area (Å²) in [6.07, 6.45) is -2.97. The van der Waals surface area contributed by atoms with Crippen LogP contribution in [-0.4, -0.2) is 34.6 Å². The number of nitrogens with two attached hydrogens (primary N) is 1. The smallest absolute Gasteiger partial charge is 0.396 e. The number of nitrogen functional groups attached to an aromatic ring is 1. The normalized spacial score (nSPS) is 14.0. The number of pyridine rings is 1. The van der Waals surface area contributed by atoms with Crippen LogP contribution in [0.1, 0.15) is 37.1 Å². The highest BCUT2D eigenvalue weighted by Crippen LogP contribution is 2.43. The number of thioether (sulfide) groups is 1. The number of anilines is 1. The molecule has 4 nitrogen and oxygen atoms in total. The van der Waals surface area contributed by atoms with E-state index in [2.05, 4.69) is 4.98 Å². The summed E-state index contributed by atoms with van der Waals surface area (Å²) in [6.45, 7) is 4.85. The minimum Gasteiger partial charge on any atom is -0.396 e. The number of aryl methyl sites for hydroxylation is 1. The number of amides is 1. The largest absolute Gasteiger partial charge is 0.418 e. The van der Waals surface area contributed by atoms with E-state index >= 15 is 0 Å². The molecule has 0 unspecified atom stereocenters. The van der Waals surface area contributed by atoms with Crippen molar-refractivity contribution in [3.63, 3.8) is 0 Å². The molecule has 0 atom stereocenters. The Bertz CT molecular complexity index is 601. The van der Waals surface area contributed by atoms with Gasteiger partial charge in [-0.2, -0.15) is 13.2 Å². The maximum absolute atomic E-state index is 13.3. The molecule has 0 spiro atoms. The lowest BCUT2D eigenvalue weighted by Crippen LogP contribution is -2.31. The molecule has 0 aromatic carbocycles. The number of nitrogens with zero attached hydrogens (tertiary/aromatic N) is 2. The Morgan fingerprint density at radius 2 is 1.96 bits per heavy atom. The molecule has 1 aliphatic rings. The second-order valence-electron chi connectivity index (χ2n) is 5.34. The predicted molar refractivity (Wildman–Crippen MR) is 84.3 cm³/mol. The number of aromatic nitrogens is 1. The van der Waals surface area contributed by atoms with Crippen molar-refractivity contribution in [2.24, 2.45) is 0 Å². The summed E-state index contributed by atoms with van der Waals surface area (Å²) in [5, 5.41) is 0.110. The molecule has 1 aliphatic carbocycles. The SMILES string of the molecule is CCN(CC)C(=O)CSc1nc2c(c(C(F)(F)F)c1N)CCC2. The van der Waals surface area contributed by atoms with Crippen LogP contribution in [0.2, 0.25) is 0 Å². The van der Waals surface area contributed by atoms with Gasteiger partial charge in [0.25, 0.3) is 0 Å². The van der Waals surface area contributed by atoms with Crippen LogP contribution in [0.15, 0.2) is 5.03 Å². The van der Waals surface area contributed by atoms with Gasteiger partial charge >= 0.3 is 6.18 Å². The van der Waals surface area contributed by atoms with E-state index < -0.39 is 11.7 Å². The van der Waals surface area contributed by atoms with Gasteiger partial charge in [0.15, 0.2) is 0 Å². The van der Waals surface area contributed by atoms with Crippen molar-refractivity contribution >= 4 is 23.4 Å². The van der Waals surface area contributed by atoms with Crippen LogP contribution in [0.4, 0.5) is 18.9 Å². The summed E-state index contributed by atoms with van der Waals surface area (Å²) in [6, 6.07) is 0. The highest BCUT2D eigenvalue weighted by Gasteiger charge is 2.39. The van der Waals surface area contributed by atoms with Crippen LogP contribution in [0.3, 0.4) is 0 Å². The van der Waals surface area contributed by atoms with Gasteiger partial charge in [-0.05, 0) is 38.7 Å². The molecule has 0 radical (unpaired) electrons. The van der Waals surface area contributed by atoms with Crippen LogP contribution in [-0.2, 0) is 23.8 Å². The van der Waals surface area contributed by atoms with Gasteiger partial charge in [0.1, 0.15) is 5.03 Å². The van der Waals surface area contributed by atoms with E-state index in [4.69, 9.17) is 5.73 Å². The summed E-state index contributed by atoms with van der Waals surface area (Å²) in [7, 11) is 0. The van der Waals surface area contributed by atoms with E-state index in [1.807, 2.05) is 13.8 Å². The first-order chi connectivity index (χ1) is 10.8. The Hall–Kier alpha value is -1.44. The Labute approximate surface area is 137 Å². The topological polar surface area (TPSA) is 59.2 Å². The molecule has 1 amide bonds. The minimum atomic E-state index is -4.50. The Morgan fingerprint density at radius 3 is 2.52 bits per heavy atom. The zero-order chi connectivity index (χ0) is 17.2. The first-order valence-electron chi connectivity index (χ1n) is 7.58. The van der Waals surface area contributed by atoms with E-state index in [0.717, 1.165) is 11.8 Å². The average Bonchev–Trinajstić information content (AvgIpc) is 2.92. The maximum Gasteiger partial charge on any atom is 0.418 e. The zero-order valence-electron chi connectivity index (χ0n) is 13.2. The number of alkyl halides is 3. The molecule has 1 heterocycles. The molecule has 23 heavy (non-hydrogen) atoms. The van der Waals surface area contributed by atoms with Crippen molar-refractivity contribution in [1.82, 2.24) is 9.88 Å². The van der Waals surface area contributed by atoms with Crippen molar-refractivity contribution in [3.05, 3.63) is 16.8 Å². The molecule has 128 valence electrons. The number of carbonyl (C=O) groups excluding carboxylic acids is 1. The third-order valence-corrected chi connectivity index (χ3v) is 4.93. The van der Waals surface area contributed by atoms with Crippen molar-refractivity contribution < 1.29 is 18.0 Å². The second kappa shape index (κ2) is 6.98. The quantitative estimate of drug-likeness (QED) is 0.832. The molecule has 0 saturated heterocycles. The summed E-state index contributed by atoms with van der Waals surface area (Å²) in [5.41, 5.74) is 5.30. The number of fused-ring (bicyclic) bond motifs is 1. The molecule has 0 saturated carbocycles. The number of halogens is 3. The van der Waals surface area contributed by atoms with Crippen LogP contribution >= 0.6 is 11.8 Å². The fraction of sp³-hybridized carbons (Fsp3) is 0.600. The molecule has 1 aromatic heterocycles. The average molecular weight is 347 g/mol. The molecule has 8 heteroatoms. The van der Waals surface area contributed by atoms with E-state index in [-0.39, 0.29) is 27.9 Å². The van der Waals surface area contributed by atoms with E-state index in [1.54, 1.807) is 4.90 Å². The predicted octanol–water partition coefficient (Wildman–Crippen LogP) is 3.13. The molecular weight excluding hydrogens is 327 g/mol. The van der Waals surface area contributed by atoms with Gasteiger partial charge in [-0.1, -0.05) is 11.8 Å². The van der Waals surface area contributed by atoms with Crippen LogP contribution in [0.5, 0.6) is 0 Å². The highest BCUT2D eigenvalue weighted by atomic mass is 32.2. The lowest BCUT2D eigenvalue weighted by atomic mass is 10.1. The van der Waals surface area contributed by atoms with Gasteiger partial charge in [0.2, 0.25) is 5.91 Å². The molecule has 0 fully saturated rings. The maximum atomic E-state index is 13.3. The lowest BCUT2D eigenvalue weighted by molar-refractivity contribution is -0.137. The van der Waals surface area contributed by atoms with Gasteiger partial charge in [0.05, 0.1) is 17.0 Å². The first-order valence-corrected chi connectivity index (χ1v) is 8.57. The van der Waals surface area contributed by atoms with E-state index in [0.29, 0.717) is 38.0 Å². The van der Waals surface area contributed by atoms with Crippen molar-refractivity contribution in [2.45, 2.75) is 44.3 Å². The fourth-order valence-corrected chi connectivity index (χ4v) is 3.68. The van der Waals surface area contributed by atoms with Crippen LogP contribution < -0.4 is 5.73 Å². The third-order valence-electron chi connectivity index (χ3n) is 3.96. The zero-order valence-corrected chi connectivity index (χ0v) is 14.0. The summed E-state index contributed by atoms with van der Waals surface area (Å²) in [4.78, 5) is 17.9. The second-order valence-corrected chi connectivity index (χ2v) is 6.30. The van der Waals surface area contributed by atoms with Gasteiger partial charge in [-0.15, -0.1) is 0 Å². The number of carbonyl (C=O) groups is 1. The van der Waals surface area contributed by atoms with Gasteiger partial charge in [-0.3, -0.25) is 4.79 Å². The molecule has 2 N–H and O–H groups in total. The van der Waals surface area contributed by atoms with Gasteiger partial charge in [-0.25, -0.2) is 4.98 Å². The van der Waals surface area contributed by atoms with E-state index in [9.17, 15) is 18.0 Å². The number of hydrogen-bond donors (Lipinski definition) is 1. The lowest BCUT2D eigenvalue weighted by Gasteiger charge is -2.20. The Kier molecular flexibility index (Phi) is 5.44. The van der Waals surface area contributed by atoms with Gasteiger partial charge < -0.3 is 10.6 Å². The minimum absolute atomic E-state index is 0.0367. The monoisotopic (exact) mass is 347 g/mol. The van der Waals surface area contributed by atoms with Gasteiger partial charge in [0, 0.05) is 18.8 Å². The van der Waals surface area contributed by atoms with E-state index in [1.165, 1.54) is 0 Å². The Balaban J connectivity index is 2.29. The molecule has 0 bridgehead atoms. The number of rotatable bonds is 5. The summed E-state index contributed by atoms with van der Waals surface area (Å²) < 4.78 is 40.0. The van der Waals surface area contributed by atoms with Crippen LogP contribution in [0, 0.1) is 0 Å². The van der Waals surface area contributed by atoms with Crippen LogP contribution in [0.25, 0.3) is 0 Å². The molecular formula is C15H20F3N3OS. The van der Waals surface area contributed by atoms with Crippen molar-refractivity contribution in [2.75, 3.05) is 24.6 Å². The van der Waals surface area contributed by atoms with Crippen molar-refractivity contribution in [3.8, 4) is 0 Å². The van der Waals surface area contributed by atoms with Crippen molar-refractivity contribution in [1.29, 1.82) is 0 Å². The molecule has 2 rings (SSSR count). The highest BCUT2D eigenvalue weighted by molar-refractivity contribution is 8.00.